The van der Waals surface area contributed by atoms with Crippen LogP contribution in [0.25, 0.3) is 11.0 Å². The van der Waals surface area contributed by atoms with Crippen molar-refractivity contribution >= 4 is 39.9 Å². The fourth-order valence-electron chi connectivity index (χ4n) is 4.14. The predicted octanol–water partition coefficient (Wildman–Crippen LogP) is 5.14. The first-order valence-corrected chi connectivity index (χ1v) is 10.8. The molecule has 0 spiro atoms. The van der Waals surface area contributed by atoms with Crippen LogP contribution >= 0.6 is 11.6 Å². The van der Waals surface area contributed by atoms with Crippen LogP contribution in [0, 0.1) is 11.3 Å². The van der Waals surface area contributed by atoms with E-state index in [-0.39, 0.29) is 11.3 Å². The van der Waals surface area contributed by atoms with E-state index in [0.29, 0.717) is 38.6 Å². The molecule has 35 heavy (non-hydrogen) atoms. The number of aliphatic hydroxyl groups is 1. The number of carbonyl (C=O) groups is 2. The van der Waals surface area contributed by atoms with Gasteiger partial charge in [-0.05, 0) is 54.1 Å². The molecule has 5 rings (SSSR count). The number of halogens is 1. The van der Waals surface area contributed by atoms with Crippen LogP contribution < -0.4 is 9.64 Å². The molecule has 0 saturated carbocycles. The van der Waals surface area contributed by atoms with Gasteiger partial charge < -0.3 is 14.3 Å². The van der Waals surface area contributed by atoms with Crippen LogP contribution in [0.15, 0.2) is 82.7 Å². The lowest BCUT2D eigenvalue weighted by molar-refractivity contribution is -0.117. The highest BCUT2D eigenvalue weighted by atomic mass is 35.5. The maximum atomic E-state index is 13.7. The molecule has 2 aromatic heterocycles. The smallest absolute Gasteiger partial charge is 0.294 e. The Morgan fingerprint density at radius 1 is 1.17 bits per heavy atom. The van der Waals surface area contributed by atoms with Crippen molar-refractivity contribution in [3.63, 3.8) is 0 Å². The Morgan fingerprint density at radius 3 is 2.54 bits per heavy atom. The SMILES string of the molecule is COc1cc(Cl)cc2cc(C(=O)C3=C(O)C(=O)N(c4ccc(C#N)cc4)C3c3ccncc3)oc12. The zero-order valence-corrected chi connectivity index (χ0v) is 19.0. The van der Waals surface area contributed by atoms with Crippen molar-refractivity contribution in [3.8, 4) is 11.8 Å². The number of benzene rings is 2. The van der Waals surface area contributed by atoms with Crippen LogP contribution in [0.1, 0.15) is 27.7 Å². The van der Waals surface area contributed by atoms with E-state index in [4.69, 9.17) is 26.0 Å². The maximum absolute atomic E-state index is 13.7. The van der Waals surface area contributed by atoms with E-state index in [1.807, 2.05) is 6.07 Å². The standard InChI is InChI=1S/C26H16ClN3O5/c1-34-20-12-17(27)10-16-11-19(35-25(16)20)23(31)21-22(15-6-8-29-9-7-15)30(26(33)24(21)32)18-4-2-14(13-28)3-5-18/h2-12,22,32H,1H3. The van der Waals surface area contributed by atoms with Gasteiger partial charge in [-0.25, -0.2) is 0 Å². The van der Waals surface area contributed by atoms with Crippen molar-refractivity contribution < 1.29 is 23.8 Å². The molecular formula is C26H16ClN3O5. The number of Topliss-reactive ketones (excluding diaryl/α,β-unsaturated/α-hetero) is 1. The molecule has 3 heterocycles. The summed E-state index contributed by atoms with van der Waals surface area (Å²) in [4.78, 5) is 32.2. The molecule has 1 N–H and O–H groups in total. The normalized spacial score (nSPS) is 15.5. The van der Waals surface area contributed by atoms with E-state index >= 15 is 0 Å². The molecule has 2 aromatic carbocycles. The van der Waals surface area contributed by atoms with Gasteiger partial charge in [-0.3, -0.25) is 19.5 Å². The lowest BCUT2D eigenvalue weighted by Gasteiger charge is -2.26. The number of nitriles is 1. The number of aliphatic hydroxyl groups excluding tert-OH is 1. The Labute approximate surface area is 204 Å². The van der Waals surface area contributed by atoms with Crippen LogP contribution in [0.4, 0.5) is 5.69 Å². The number of ketones is 1. The molecule has 1 amide bonds. The number of aromatic nitrogens is 1. The minimum absolute atomic E-state index is 0.0874. The lowest BCUT2D eigenvalue weighted by atomic mass is 9.95. The molecular weight excluding hydrogens is 470 g/mol. The number of hydrogen-bond donors (Lipinski definition) is 1. The Bertz CT molecular complexity index is 1550. The second kappa shape index (κ2) is 8.63. The highest BCUT2D eigenvalue weighted by Crippen LogP contribution is 2.43. The third-order valence-electron chi connectivity index (χ3n) is 5.74. The second-order valence-corrected chi connectivity index (χ2v) is 8.18. The second-order valence-electron chi connectivity index (χ2n) is 7.75. The summed E-state index contributed by atoms with van der Waals surface area (Å²) in [5, 5.41) is 20.9. The van der Waals surface area contributed by atoms with Gasteiger partial charge in [0.2, 0.25) is 5.78 Å². The maximum Gasteiger partial charge on any atom is 0.294 e. The molecule has 172 valence electrons. The Morgan fingerprint density at radius 2 is 1.89 bits per heavy atom. The number of carbonyl (C=O) groups excluding carboxylic acids is 2. The quantitative estimate of drug-likeness (QED) is 0.389. The first-order valence-electron chi connectivity index (χ1n) is 10.4. The molecule has 8 nitrogen and oxygen atoms in total. The van der Waals surface area contributed by atoms with Crippen molar-refractivity contribution in [1.29, 1.82) is 5.26 Å². The molecule has 1 aliphatic heterocycles. The number of hydrogen-bond acceptors (Lipinski definition) is 7. The molecule has 0 saturated heterocycles. The van der Waals surface area contributed by atoms with E-state index in [1.54, 1.807) is 48.5 Å². The summed E-state index contributed by atoms with van der Waals surface area (Å²) < 4.78 is 11.1. The zero-order valence-electron chi connectivity index (χ0n) is 18.2. The molecule has 1 unspecified atom stereocenters. The Hall–Kier alpha value is -4.61. The van der Waals surface area contributed by atoms with Gasteiger partial charge >= 0.3 is 0 Å². The number of rotatable bonds is 5. The fourth-order valence-corrected chi connectivity index (χ4v) is 4.36. The highest BCUT2D eigenvalue weighted by Gasteiger charge is 2.45. The van der Waals surface area contributed by atoms with E-state index in [1.165, 1.54) is 30.5 Å². The van der Waals surface area contributed by atoms with Crippen LogP contribution in [-0.2, 0) is 4.79 Å². The summed E-state index contributed by atoms with van der Waals surface area (Å²) in [7, 11) is 1.45. The van der Waals surface area contributed by atoms with Gasteiger partial charge in [0.1, 0.15) is 0 Å². The minimum Gasteiger partial charge on any atom is -0.503 e. The zero-order chi connectivity index (χ0) is 24.7. The molecule has 0 fully saturated rings. The van der Waals surface area contributed by atoms with Gasteiger partial charge in [-0.1, -0.05) is 11.6 Å². The summed E-state index contributed by atoms with van der Waals surface area (Å²) in [5.41, 5.74) is 1.54. The van der Waals surface area contributed by atoms with Gasteiger partial charge in [0.05, 0.1) is 30.4 Å². The fraction of sp³-hybridized carbons (Fsp3) is 0.0769. The third-order valence-corrected chi connectivity index (χ3v) is 5.96. The van der Waals surface area contributed by atoms with Crippen LogP contribution in [0.3, 0.4) is 0 Å². The molecule has 0 bridgehead atoms. The third kappa shape index (κ3) is 3.68. The molecule has 0 radical (unpaired) electrons. The van der Waals surface area contributed by atoms with Crippen molar-refractivity contribution in [2.45, 2.75) is 6.04 Å². The number of pyridine rings is 1. The average Bonchev–Trinajstić information content (AvgIpc) is 3.42. The van der Waals surface area contributed by atoms with Gasteiger partial charge in [0.15, 0.2) is 22.9 Å². The number of fused-ring (bicyclic) bond motifs is 1. The average molecular weight is 486 g/mol. The molecule has 9 heteroatoms. The van der Waals surface area contributed by atoms with E-state index in [9.17, 15) is 14.7 Å². The largest absolute Gasteiger partial charge is 0.503 e. The van der Waals surface area contributed by atoms with Crippen LogP contribution in [0.5, 0.6) is 5.75 Å². The van der Waals surface area contributed by atoms with Crippen LogP contribution in [-0.4, -0.2) is 28.9 Å². The molecule has 1 atom stereocenters. The van der Waals surface area contributed by atoms with E-state index in [0.717, 1.165) is 0 Å². The van der Waals surface area contributed by atoms with Gasteiger partial charge in [0, 0.05) is 34.6 Å². The first kappa shape index (κ1) is 22.2. The van der Waals surface area contributed by atoms with Crippen LogP contribution in [0.2, 0.25) is 5.02 Å². The van der Waals surface area contributed by atoms with E-state index in [2.05, 4.69) is 4.98 Å². The Balaban J connectivity index is 1.65. The molecule has 4 aromatic rings. The summed E-state index contributed by atoms with van der Waals surface area (Å²) in [6.07, 6.45) is 3.06. The van der Waals surface area contributed by atoms with Gasteiger partial charge in [-0.15, -0.1) is 0 Å². The van der Waals surface area contributed by atoms with Gasteiger partial charge in [-0.2, -0.15) is 5.26 Å². The Kier molecular flexibility index (Phi) is 5.47. The summed E-state index contributed by atoms with van der Waals surface area (Å²) in [6, 6.07) is 15.3. The molecule has 1 aliphatic rings. The van der Waals surface area contributed by atoms with Crippen molar-refractivity contribution in [2.75, 3.05) is 12.0 Å². The number of methoxy groups -OCH3 is 1. The summed E-state index contributed by atoms with van der Waals surface area (Å²) >= 11 is 6.14. The lowest BCUT2D eigenvalue weighted by Crippen LogP contribution is -2.31. The topological polar surface area (TPSA) is 117 Å². The molecule has 0 aliphatic carbocycles. The summed E-state index contributed by atoms with van der Waals surface area (Å²) in [5.74, 6) is -1.85. The number of nitrogens with zero attached hydrogens (tertiary/aromatic N) is 3. The number of amides is 1. The van der Waals surface area contributed by atoms with E-state index < -0.39 is 23.5 Å². The van der Waals surface area contributed by atoms with Crippen molar-refractivity contribution in [1.82, 2.24) is 4.98 Å². The number of anilines is 1. The highest BCUT2D eigenvalue weighted by molar-refractivity contribution is 6.31. The predicted molar refractivity (Wildman–Crippen MR) is 127 cm³/mol. The first-order chi connectivity index (χ1) is 16.9. The number of ether oxygens (including phenoxy) is 1. The minimum atomic E-state index is -0.954. The number of furan rings is 1. The summed E-state index contributed by atoms with van der Waals surface area (Å²) in [6.45, 7) is 0. The van der Waals surface area contributed by atoms with Crippen molar-refractivity contribution in [2.24, 2.45) is 0 Å². The monoisotopic (exact) mass is 485 g/mol. The van der Waals surface area contributed by atoms with Crippen molar-refractivity contribution in [3.05, 3.63) is 100 Å². The van der Waals surface area contributed by atoms with Gasteiger partial charge in [0.25, 0.3) is 5.91 Å².